The van der Waals surface area contributed by atoms with Crippen LogP contribution in [0.25, 0.3) is 0 Å². The minimum absolute atomic E-state index is 0.0119. The van der Waals surface area contributed by atoms with E-state index in [-0.39, 0.29) is 16.8 Å². The Morgan fingerprint density at radius 1 is 0.680 bits per heavy atom. The van der Waals surface area contributed by atoms with Gasteiger partial charge < -0.3 is 4.74 Å². The van der Waals surface area contributed by atoms with E-state index in [4.69, 9.17) is 4.74 Å². The number of unbranched alkanes of at least 4 members (excludes halogenated alkanes) is 14. The summed E-state index contributed by atoms with van der Waals surface area (Å²) in [4.78, 5) is 13.2. The lowest BCUT2D eigenvalue weighted by molar-refractivity contribution is -0.230. The molecule has 0 N–H and O–H groups in total. The van der Waals surface area contributed by atoms with Gasteiger partial charge in [-0.3, -0.25) is 4.79 Å². The quantitative estimate of drug-likeness (QED) is 0.106. The van der Waals surface area contributed by atoms with E-state index in [0.29, 0.717) is 28.6 Å². The zero-order valence-corrected chi connectivity index (χ0v) is 35.0. The second-order valence-electron chi connectivity index (χ2n) is 21.0. The summed E-state index contributed by atoms with van der Waals surface area (Å²) in [6.45, 7) is 23.0. The third-order valence-corrected chi connectivity index (χ3v) is 17.5. The molecule has 50 heavy (non-hydrogen) atoms. The van der Waals surface area contributed by atoms with Crippen molar-refractivity contribution in [2.75, 3.05) is 0 Å². The van der Waals surface area contributed by atoms with Crippen LogP contribution in [0.4, 0.5) is 0 Å². The van der Waals surface area contributed by atoms with Gasteiger partial charge in [0.15, 0.2) is 0 Å². The molecule has 2 heteroatoms. The topological polar surface area (TPSA) is 26.3 Å². The van der Waals surface area contributed by atoms with Crippen LogP contribution < -0.4 is 0 Å². The van der Waals surface area contributed by atoms with Gasteiger partial charge in [-0.1, -0.05) is 152 Å². The van der Waals surface area contributed by atoms with E-state index in [1.165, 1.54) is 135 Å². The molecule has 0 aromatic rings. The molecule has 5 rings (SSSR count). The predicted octanol–water partition coefficient (Wildman–Crippen LogP) is 15.0. The third kappa shape index (κ3) is 7.87. The normalized spacial score (nSPS) is 38.9. The molecule has 2 nitrogen and oxygen atoms in total. The molecule has 9 atom stereocenters. The number of carbonyl (C=O) groups excluding carboxylic acids is 1. The van der Waals surface area contributed by atoms with E-state index in [0.717, 1.165) is 54.6 Å². The molecular formula is C48H84O2. The molecule has 4 saturated carbocycles. The van der Waals surface area contributed by atoms with Crippen molar-refractivity contribution in [1.82, 2.24) is 0 Å². The van der Waals surface area contributed by atoms with Crippen molar-refractivity contribution >= 4 is 5.97 Å². The first-order chi connectivity index (χ1) is 23.7. The van der Waals surface area contributed by atoms with E-state index in [1.807, 2.05) is 0 Å². The fourth-order valence-electron chi connectivity index (χ4n) is 14.3. The zero-order valence-electron chi connectivity index (χ0n) is 35.0. The smallest absolute Gasteiger partial charge is 0.310 e. The van der Waals surface area contributed by atoms with Gasteiger partial charge in [-0.2, -0.15) is 0 Å². The predicted molar refractivity (Wildman–Crippen MR) is 214 cm³/mol. The maximum absolute atomic E-state index is 13.2. The first-order valence-electron chi connectivity index (χ1n) is 22.7. The molecule has 0 heterocycles. The Balaban J connectivity index is 1.08. The highest BCUT2D eigenvalue weighted by molar-refractivity contribution is 5.70. The second kappa shape index (κ2) is 16.7. The van der Waals surface area contributed by atoms with Crippen molar-refractivity contribution in [2.45, 2.75) is 223 Å². The summed E-state index contributed by atoms with van der Waals surface area (Å²) in [6.07, 6.45) is 35.6. The Bertz CT molecular complexity index is 1130. The first kappa shape index (κ1) is 40.4. The molecule has 0 amide bonds. The van der Waals surface area contributed by atoms with E-state index >= 15 is 0 Å². The Morgan fingerprint density at radius 2 is 1.26 bits per heavy atom. The lowest BCUT2D eigenvalue weighted by Crippen LogP contribution is -2.65. The fraction of sp³-hybridized carbons (Fsp3) is 0.938. The number of carbonyl (C=O) groups is 1. The summed E-state index contributed by atoms with van der Waals surface area (Å²) in [7, 11) is 0. The molecule has 0 radical (unpaired) electrons. The van der Waals surface area contributed by atoms with Crippen LogP contribution in [-0.4, -0.2) is 5.97 Å². The maximum atomic E-state index is 13.2. The van der Waals surface area contributed by atoms with Gasteiger partial charge in [-0.05, 0) is 127 Å². The standard InChI is InChI=1S/C48H84O2/c1-10-11-12-13-14-15-16-17-18-19-20-21-22-23-24-25-42(49)50-41-30-32-46(7)39(44(41,4)5)29-33-48(9)40(46)27-26-38-43-37(36(2)3)28-31-45(43,6)34-35-47(38,48)8/h30,36-40,43H,10-29,31-35H2,1-9H3/t37-,38+,39-,40?,43+,45+,46-,47+,48+/m0/s1. The average molecular weight is 693 g/mol. The van der Waals surface area contributed by atoms with Crippen LogP contribution in [0.3, 0.4) is 0 Å². The summed E-state index contributed by atoms with van der Waals surface area (Å²) >= 11 is 0. The second-order valence-corrected chi connectivity index (χ2v) is 21.0. The SMILES string of the molecule is CCCCCCCCCCCCCCCCCC(=O)OC1=CC[C@]2(C)C3CC[C@@H]4[C@H]5[C@H](C(C)C)CC[C@]5(C)CC[C@@]4(C)[C@]3(C)CC[C@H]2C1(C)C. The van der Waals surface area contributed by atoms with Crippen molar-refractivity contribution in [3.63, 3.8) is 0 Å². The first-order valence-corrected chi connectivity index (χ1v) is 22.7. The largest absolute Gasteiger partial charge is 0.431 e. The van der Waals surface area contributed by atoms with Gasteiger partial charge in [0, 0.05) is 11.8 Å². The van der Waals surface area contributed by atoms with Gasteiger partial charge in [0.05, 0.1) is 0 Å². The van der Waals surface area contributed by atoms with Gasteiger partial charge >= 0.3 is 5.97 Å². The molecule has 0 bridgehead atoms. The highest BCUT2D eigenvalue weighted by Gasteiger charge is 2.70. The fourth-order valence-corrected chi connectivity index (χ4v) is 14.3. The highest BCUT2D eigenvalue weighted by Crippen LogP contribution is 2.77. The molecule has 0 aromatic heterocycles. The molecule has 5 aliphatic carbocycles. The Morgan fingerprint density at radius 3 is 1.84 bits per heavy atom. The number of ether oxygens (including phenoxy) is 1. The van der Waals surface area contributed by atoms with E-state index in [1.54, 1.807) is 0 Å². The van der Waals surface area contributed by atoms with E-state index in [2.05, 4.69) is 68.4 Å². The van der Waals surface area contributed by atoms with E-state index in [9.17, 15) is 4.79 Å². The van der Waals surface area contributed by atoms with Crippen LogP contribution in [-0.2, 0) is 9.53 Å². The average Bonchev–Trinajstić information content (AvgIpc) is 3.42. The monoisotopic (exact) mass is 693 g/mol. The van der Waals surface area contributed by atoms with E-state index < -0.39 is 0 Å². The number of rotatable bonds is 18. The zero-order chi connectivity index (χ0) is 36.2. The van der Waals surface area contributed by atoms with Crippen molar-refractivity contribution in [1.29, 1.82) is 0 Å². The van der Waals surface area contributed by atoms with Gasteiger partial charge in [-0.15, -0.1) is 0 Å². The number of hydrogen-bond acceptors (Lipinski definition) is 2. The lowest BCUT2D eigenvalue weighted by Gasteiger charge is -2.72. The number of esters is 1. The molecule has 288 valence electrons. The number of hydrogen-bond donors (Lipinski definition) is 0. The van der Waals surface area contributed by atoms with Gasteiger partial charge in [0.2, 0.25) is 0 Å². The van der Waals surface area contributed by atoms with Gasteiger partial charge in [-0.25, -0.2) is 0 Å². The number of allylic oxidation sites excluding steroid dienone is 2. The molecule has 0 aliphatic heterocycles. The minimum atomic E-state index is -0.0872. The summed E-state index contributed by atoms with van der Waals surface area (Å²) in [6, 6.07) is 0. The van der Waals surface area contributed by atoms with Crippen LogP contribution in [0.15, 0.2) is 11.8 Å². The van der Waals surface area contributed by atoms with Crippen LogP contribution >= 0.6 is 0 Å². The van der Waals surface area contributed by atoms with Crippen molar-refractivity contribution < 1.29 is 9.53 Å². The molecular weight excluding hydrogens is 609 g/mol. The molecule has 0 saturated heterocycles. The molecule has 4 fully saturated rings. The highest BCUT2D eigenvalue weighted by atomic mass is 16.5. The summed E-state index contributed by atoms with van der Waals surface area (Å²) < 4.78 is 6.30. The van der Waals surface area contributed by atoms with Crippen LogP contribution in [0.2, 0.25) is 0 Å². The lowest BCUT2D eigenvalue weighted by atomic mass is 9.32. The van der Waals surface area contributed by atoms with Crippen LogP contribution in [0.5, 0.6) is 0 Å². The Labute approximate surface area is 311 Å². The molecule has 0 aromatic carbocycles. The third-order valence-electron chi connectivity index (χ3n) is 17.5. The van der Waals surface area contributed by atoms with Crippen molar-refractivity contribution in [2.24, 2.45) is 62.6 Å². The Hall–Kier alpha value is -0.790. The van der Waals surface area contributed by atoms with Crippen molar-refractivity contribution in [3.8, 4) is 0 Å². The molecule has 5 aliphatic rings. The number of fused-ring (bicyclic) bond motifs is 7. The summed E-state index contributed by atoms with van der Waals surface area (Å²) in [5, 5.41) is 0. The summed E-state index contributed by atoms with van der Waals surface area (Å²) in [5.41, 5.74) is 1.61. The van der Waals surface area contributed by atoms with Gasteiger partial charge in [0.25, 0.3) is 0 Å². The maximum Gasteiger partial charge on any atom is 0.310 e. The van der Waals surface area contributed by atoms with Crippen LogP contribution in [0.1, 0.15) is 223 Å². The van der Waals surface area contributed by atoms with Crippen LogP contribution in [0, 0.1) is 62.6 Å². The Kier molecular flexibility index (Phi) is 13.5. The van der Waals surface area contributed by atoms with Gasteiger partial charge in [0.1, 0.15) is 5.76 Å². The molecule has 1 unspecified atom stereocenters. The summed E-state index contributed by atoms with van der Waals surface area (Å²) in [5.74, 6) is 5.88. The minimum Gasteiger partial charge on any atom is -0.431 e. The molecule has 0 spiro atoms. The van der Waals surface area contributed by atoms with Crippen molar-refractivity contribution in [3.05, 3.63) is 11.8 Å².